The van der Waals surface area contributed by atoms with Gasteiger partial charge in [-0.25, -0.2) is 0 Å². The predicted molar refractivity (Wildman–Crippen MR) is 290 cm³/mol. The summed E-state index contributed by atoms with van der Waals surface area (Å²) in [6.45, 7) is 0. The van der Waals surface area contributed by atoms with Gasteiger partial charge >= 0.3 is 0 Å². The Kier molecular flexibility index (Phi) is 9.54. The van der Waals surface area contributed by atoms with Gasteiger partial charge < -0.3 is 9.47 Å². The van der Waals surface area contributed by atoms with Gasteiger partial charge in [0.1, 0.15) is 0 Å². The minimum absolute atomic E-state index is 1.08. The van der Waals surface area contributed by atoms with Crippen LogP contribution in [-0.4, -0.2) is 4.57 Å². The molecule has 0 bridgehead atoms. The summed E-state index contributed by atoms with van der Waals surface area (Å²) in [5.41, 5.74) is 16.3. The molecule has 0 saturated heterocycles. The third-order valence-corrected chi connectivity index (χ3v) is 13.7. The lowest BCUT2D eigenvalue weighted by molar-refractivity contribution is 1.18. The molecule has 0 aliphatic rings. The Bertz CT molecular complexity index is 4020. The maximum absolute atomic E-state index is 2.49. The van der Waals surface area contributed by atoms with Gasteiger partial charge in [-0.05, 0) is 126 Å². The molecule has 0 N–H and O–H groups in total. The van der Waals surface area contributed by atoms with E-state index in [1.54, 1.807) is 0 Å². The first-order chi connectivity index (χ1) is 33.8. The number of hydrogen-bond donors (Lipinski definition) is 0. The van der Waals surface area contributed by atoms with Crippen LogP contribution in [0.3, 0.4) is 0 Å². The van der Waals surface area contributed by atoms with Gasteiger partial charge in [0, 0.05) is 27.7 Å². The molecule has 1 aromatic heterocycles. The highest BCUT2D eigenvalue weighted by Gasteiger charge is 2.24. The molecule has 0 saturated carbocycles. The third kappa shape index (κ3) is 6.57. The van der Waals surface area contributed by atoms with E-state index in [1.165, 1.54) is 76.4 Å². The van der Waals surface area contributed by atoms with Crippen LogP contribution in [0.1, 0.15) is 0 Å². The Morgan fingerprint density at radius 1 is 0.279 bits per heavy atom. The Morgan fingerprint density at radius 2 is 0.824 bits per heavy atom. The van der Waals surface area contributed by atoms with Crippen molar-refractivity contribution < 1.29 is 0 Å². The maximum Gasteiger partial charge on any atom is 0.0562 e. The normalized spacial score (nSPS) is 11.5. The molecule has 2 heteroatoms. The average molecular weight is 865 g/mol. The van der Waals surface area contributed by atoms with Crippen LogP contribution in [0.25, 0.3) is 104 Å². The largest absolute Gasteiger partial charge is 0.309 e. The van der Waals surface area contributed by atoms with Crippen molar-refractivity contribution in [1.82, 2.24) is 4.57 Å². The Hall–Kier alpha value is -8.98. The molecule has 13 aromatic rings. The number of fused-ring (bicyclic) bond motifs is 7. The number of hydrogen-bond acceptors (Lipinski definition) is 1. The molecule has 318 valence electrons. The summed E-state index contributed by atoms with van der Waals surface area (Å²) in [4.78, 5) is 2.49. The van der Waals surface area contributed by atoms with E-state index in [-0.39, 0.29) is 0 Å². The standard InChI is InChI=1S/C66H44N2/c1-4-21-46(22-5-1)54-30-14-16-34-60(54)67(62-36-19-37-63-66(62)58-33-15-17-35-61(58)68(63)53-40-38-45-20-10-11-27-49(45)42-53)52-29-18-28-50(43-52)51-39-41-56-55-31-12-13-32-57(55)64(47-23-6-2-7-24-47)65(59(56)44-51)48-25-8-3-9-26-48/h1-44H. The zero-order valence-corrected chi connectivity index (χ0v) is 37.3. The fraction of sp³-hybridized carbons (Fsp3) is 0. The topological polar surface area (TPSA) is 8.17 Å². The summed E-state index contributed by atoms with van der Waals surface area (Å²) in [6, 6.07) is 97.6. The van der Waals surface area contributed by atoms with Gasteiger partial charge in [-0.1, -0.05) is 212 Å². The molecular formula is C66H44N2. The second-order valence-corrected chi connectivity index (χ2v) is 17.6. The molecular weight excluding hydrogens is 821 g/mol. The quantitative estimate of drug-likeness (QED) is 0.138. The molecule has 0 spiro atoms. The molecule has 0 aliphatic carbocycles. The van der Waals surface area contributed by atoms with Gasteiger partial charge in [-0.15, -0.1) is 0 Å². The van der Waals surface area contributed by atoms with Crippen LogP contribution in [0, 0.1) is 0 Å². The fourth-order valence-corrected chi connectivity index (χ4v) is 10.7. The minimum Gasteiger partial charge on any atom is -0.309 e. The monoisotopic (exact) mass is 864 g/mol. The van der Waals surface area contributed by atoms with Crippen LogP contribution >= 0.6 is 0 Å². The molecule has 2 nitrogen and oxygen atoms in total. The molecule has 0 unspecified atom stereocenters. The zero-order chi connectivity index (χ0) is 45.0. The van der Waals surface area contributed by atoms with Crippen LogP contribution in [0.4, 0.5) is 17.1 Å². The number of para-hydroxylation sites is 2. The highest BCUT2D eigenvalue weighted by molar-refractivity contribution is 6.22. The van der Waals surface area contributed by atoms with Crippen LogP contribution in [0.2, 0.25) is 0 Å². The fourth-order valence-electron chi connectivity index (χ4n) is 10.7. The Labute approximate surface area is 395 Å². The highest BCUT2D eigenvalue weighted by atomic mass is 15.2. The summed E-state index contributed by atoms with van der Waals surface area (Å²) >= 11 is 0. The van der Waals surface area contributed by atoms with Gasteiger partial charge in [0.05, 0.1) is 22.4 Å². The summed E-state index contributed by atoms with van der Waals surface area (Å²) in [5.74, 6) is 0. The lowest BCUT2D eigenvalue weighted by Crippen LogP contribution is -2.12. The summed E-state index contributed by atoms with van der Waals surface area (Å²) < 4.78 is 2.44. The van der Waals surface area contributed by atoms with Crippen molar-refractivity contribution in [1.29, 1.82) is 0 Å². The minimum atomic E-state index is 1.08. The maximum atomic E-state index is 2.49. The van der Waals surface area contributed by atoms with Crippen LogP contribution in [0.15, 0.2) is 267 Å². The van der Waals surface area contributed by atoms with E-state index in [4.69, 9.17) is 0 Å². The Balaban J connectivity index is 1.06. The van der Waals surface area contributed by atoms with E-state index in [0.717, 1.165) is 45.0 Å². The van der Waals surface area contributed by atoms with Gasteiger partial charge in [0.15, 0.2) is 0 Å². The first-order valence-corrected chi connectivity index (χ1v) is 23.4. The molecule has 13 rings (SSSR count). The smallest absolute Gasteiger partial charge is 0.0562 e. The summed E-state index contributed by atoms with van der Waals surface area (Å²) in [7, 11) is 0. The molecule has 0 radical (unpaired) electrons. The zero-order valence-electron chi connectivity index (χ0n) is 37.3. The molecule has 0 fully saturated rings. The van der Waals surface area contributed by atoms with E-state index < -0.39 is 0 Å². The third-order valence-electron chi connectivity index (χ3n) is 13.7. The van der Waals surface area contributed by atoms with Crippen molar-refractivity contribution in [3.05, 3.63) is 267 Å². The lowest BCUT2D eigenvalue weighted by atomic mass is 9.84. The van der Waals surface area contributed by atoms with Gasteiger partial charge in [0.2, 0.25) is 0 Å². The second kappa shape index (κ2) is 16.5. The van der Waals surface area contributed by atoms with Crippen molar-refractivity contribution >= 4 is 71.2 Å². The molecule has 0 aliphatic heterocycles. The second-order valence-electron chi connectivity index (χ2n) is 17.6. The van der Waals surface area contributed by atoms with Gasteiger partial charge in [-0.3, -0.25) is 0 Å². The molecule has 1 heterocycles. The number of benzene rings is 12. The Morgan fingerprint density at radius 3 is 1.60 bits per heavy atom. The van der Waals surface area contributed by atoms with Gasteiger partial charge in [-0.2, -0.15) is 0 Å². The van der Waals surface area contributed by atoms with E-state index in [2.05, 4.69) is 276 Å². The van der Waals surface area contributed by atoms with Crippen molar-refractivity contribution in [2.75, 3.05) is 4.90 Å². The predicted octanol–water partition coefficient (Wildman–Crippen LogP) is 18.4. The van der Waals surface area contributed by atoms with E-state index >= 15 is 0 Å². The first-order valence-electron chi connectivity index (χ1n) is 23.4. The molecule has 68 heavy (non-hydrogen) atoms. The molecule has 12 aromatic carbocycles. The number of aromatic nitrogens is 1. The number of nitrogens with zero attached hydrogens (tertiary/aromatic N) is 2. The number of rotatable bonds is 8. The van der Waals surface area contributed by atoms with Crippen molar-refractivity contribution in [3.8, 4) is 50.2 Å². The van der Waals surface area contributed by atoms with Crippen LogP contribution in [0.5, 0.6) is 0 Å². The average Bonchev–Trinajstić information content (AvgIpc) is 3.76. The van der Waals surface area contributed by atoms with Crippen LogP contribution in [-0.2, 0) is 0 Å². The van der Waals surface area contributed by atoms with E-state index in [1.807, 2.05) is 0 Å². The first kappa shape index (κ1) is 39.4. The molecule has 0 atom stereocenters. The van der Waals surface area contributed by atoms with E-state index in [9.17, 15) is 0 Å². The van der Waals surface area contributed by atoms with Crippen LogP contribution < -0.4 is 4.90 Å². The highest BCUT2D eigenvalue weighted by Crippen LogP contribution is 2.49. The SMILES string of the molecule is c1ccc(-c2ccccc2N(c2cccc(-c3ccc4c(c3)c(-c3ccccc3)c(-c3ccccc3)c3ccccc34)c2)c2cccc3c2c2ccccc2n3-c2ccc3ccccc3c2)cc1. The van der Waals surface area contributed by atoms with Crippen molar-refractivity contribution in [3.63, 3.8) is 0 Å². The summed E-state index contributed by atoms with van der Waals surface area (Å²) in [5, 5.41) is 9.83. The molecule has 0 amide bonds. The summed E-state index contributed by atoms with van der Waals surface area (Å²) in [6.07, 6.45) is 0. The van der Waals surface area contributed by atoms with Gasteiger partial charge in [0.25, 0.3) is 0 Å². The van der Waals surface area contributed by atoms with E-state index in [0.29, 0.717) is 0 Å². The number of anilines is 3. The lowest BCUT2D eigenvalue weighted by Gasteiger charge is -2.29. The van der Waals surface area contributed by atoms with Crippen molar-refractivity contribution in [2.24, 2.45) is 0 Å². The van der Waals surface area contributed by atoms with Crippen molar-refractivity contribution in [2.45, 2.75) is 0 Å².